The van der Waals surface area contributed by atoms with Crippen molar-refractivity contribution in [2.24, 2.45) is 0 Å². The molecule has 1 aliphatic carbocycles. The molecule has 140 valence electrons. The van der Waals surface area contributed by atoms with Crippen molar-refractivity contribution in [1.29, 1.82) is 0 Å². The number of carbonyl (C=O) groups excluding carboxylic acids is 1. The summed E-state index contributed by atoms with van der Waals surface area (Å²) in [5.74, 6) is 3.23. The highest BCUT2D eigenvalue weighted by atomic mass is 35.5. The van der Waals surface area contributed by atoms with Gasteiger partial charge in [0.15, 0.2) is 11.6 Å². The van der Waals surface area contributed by atoms with Gasteiger partial charge in [-0.05, 0) is 55.7 Å². The van der Waals surface area contributed by atoms with Crippen LogP contribution in [0.4, 0.5) is 8.78 Å². The lowest BCUT2D eigenvalue weighted by molar-refractivity contribution is 0.0452. The van der Waals surface area contributed by atoms with Crippen molar-refractivity contribution in [3.05, 3.63) is 70.2 Å². The van der Waals surface area contributed by atoms with Crippen LogP contribution in [-0.4, -0.2) is 22.7 Å². The van der Waals surface area contributed by atoms with Crippen LogP contribution in [0.15, 0.2) is 42.5 Å². The summed E-state index contributed by atoms with van der Waals surface area (Å²) in [6, 6.07) is 9.72. The van der Waals surface area contributed by atoms with Crippen LogP contribution in [0.3, 0.4) is 0 Å². The first-order valence-corrected chi connectivity index (χ1v) is 8.99. The summed E-state index contributed by atoms with van der Waals surface area (Å²) in [5, 5.41) is 14.1. The van der Waals surface area contributed by atoms with E-state index in [0.717, 1.165) is 12.1 Å². The molecule has 2 N–H and O–H groups in total. The van der Waals surface area contributed by atoms with Crippen LogP contribution in [-0.2, 0) is 0 Å². The normalized spacial score (nSPS) is 21.9. The summed E-state index contributed by atoms with van der Waals surface area (Å²) in [6.45, 7) is 0. The number of benzene rings is 2. The molecule has 0 aliphatic heterocycles. The number of carbonyl (C=O) groups is 1. The van der Waals surface area contributed by atoms with Crippen molar-refractivity contribution in [1.82, 2.24) is 5.32 Å². The Balaban J connectivity index is 1.68. The number of hydrogen-bond acceptors (Lipinski definition) is 2. The summed E-state index contributed by atoms with van der Waals surface area (Å²) in [6.07, 6.45) is 2.12. The molecular weight excluding hydrogens is 372 g/mol. The zero-order chi connectivity index (χ0) is 19.4. The molecule has 0 spiro atoms. The van der Waals surface area contributed by atoms with E-state index in [1.54, 1.807) is 24.3 Å². The fraction of sp³-hybridized carbons (Fsp3) is 0.286. The third-order valence-corrected chi connectivity index (χ3v) is 4.74. The number of rotatable bonds is 2. The Kier molecular flexibility index (Phi) is 5.79. The molecule has 0 heterocycles. The molecule has 3 nitrogen and oxygen atoms in total. The van der Waals surface area contributed by atoms with Crippen LogP contribution in [0.5, 0.6) is 0 Å². The van der Waals surface area contributed by atoms with Gasteiger partial charge in [0, 0.05) is 28.6 Å². The van der Waals surface area contributed by atoms with E-state index in [0.29, 0.717) is 29.8 Å². The summed E-state index contributed by atoms with van der Waals surface area (Å²) in [7, 11) is 0. The van der Waals surface area contributed by atoms with E-state index < -0.39 is 23.1 Å². The van der Waals surface area contributed by atoms with E-state index in [9.17, 15) is 18.7 Å². The summed E-state index contributed by atoms with van der Waals surface area (Å²) in [4.78, 5) is 12.3. The molecule has 6 heteroatoms. The highest BCUT2D eigenvalue weighted by Crippen LogP contribution is 2.28. The number of hydrogen-bond donors (Lipinski definition) is 2. The van der Waals surface area contributed by atoms with Gasteiger partial charge in [-0.1, -0.05) is 29.5 Å². The molecule has 0 radical (unpaired) electrons. The van der Waals surface area contributed by atoms with Gasteiger partial charge in [-0.25, -0.2) is 8.78 Å². The van der Waals surface area contributed by atoms with Crippen LogP contribution in [0.25, 0.3) is 0 Å². The third kappa shape index (κ3) is 5.06. The Morgan fingerprint density at radius 2 is 2.04 bits per heavy atom. The largest absolute Gasteiger partial charge is 0.378 e. The molecule has 27 heavy (non-hydrogen) atoms. The van der Waals surface area contributed by atoms with E-state index in [2.05, 4.69) is 17.2 Å². The van der Waals surface area contributed by atoms with Crippen LogP contribution < -0.4 is 5.32 Å². The number of amides is 1. The smallest absolute Gasteiger partial charge is 0.251 e. The van der Waals surface area contributed by atoms with Gasteiger partial charge in [0.25, 0.3) is 5.91 Å². The van der Waals surface area contributed by atoms with Crippen LogP contribution >= 0.6 is 11.6 Å². The zero-order valence-electron chi connectivity index (χ0n) is 14.4. The van der Waals surface area contributed by atoms with E-state index >= 15 is 0 Å². The van der Waals surface area contributed by atoms with E-state index in [1.165, 1.54) is 6.07 Å². The second kappa shape index (κ2) is 8.08. The van der Waals surface area contributed by atoms with Crippen molar-refractivity contribution in [2.75, 3.05) is 0 Å². The molecule has 1 fully saturated rings. The minimum atomic E-state index is -1.23. The van der Waals surface area contributed by atoms with Crippen molar-refractivity contribution < 1.29 is 18.7 Å². The molecule has 0 saturated heterocycles. The van der Waals surface area contributed by atoms with Gasteiger partial charge in [-0.3, -0.25) is 4.79 Å². The van der Waals surface area contributed by atoms with Gasteiger partial charge in [0.2, 0.25) is 0 Å². The lowest BCUT2D eigenvalue weighted by Crippen LogP contribution is -2.45. The maximum absolute atomic E-state index is 13.3. The highest BCUT2D eigenvalue weighted by Gasteiger charge is 2.33. The van der Waals surface area contributed by atoms with Gasteiger partial charge in [0.1, 0.15) is 5.60 Å². The lowest BCUT2D eigenvalue weighted by Gasteiger charge is -2.33. The Bertz CT molecular complexity index is 922. The number of nitrogens with one attached hydrogen (secondary N) is 1. The van der Waals surface area contributed by atoms with Gasteiger partial charge >= 0.3 is 0 Å². The van der Waals surface area contributed by atoms with Gasteiger partial charge in [-0.15, -0.1) is 0 Å². The molecule has 0 bridgehead atoms. The molecular formula is C21H18ClF2NO2. The molecule has 3 rings (SSSR count). The second-order valence-electron chi connectivity index (χ2n) is 6.69. The maximum Gasteiger partial charge on any atom is 0.251 e. The Labute approximate surface area is 161 Å². The molecule has 1 aliphatic rings. The molecule has 2 aromatic rings. The average Bonchev–Trinajstić information content (AvgIpc) is 2.62. The van der Waals surface area contributed by atoms with Gasteiger partial charge in [0.05, 0.1) is 0 Å². The molecule has 2 aromatic carbocycles. The average molecular weight is 390 g/mol. The SMILES string of the molecule is O=C(N[C@@H]1CCCC(O)(C#Cc2cccc(Cl)c2)C1)c1ccc(F)c(F)c1. The van der Waals surface area contributed by atoms with E-state index in [4.69, 9.17) is 11.6 Å². The van der Waals surface area contributed by atoms with E-state index in [1.807, 2.05) is 0 Å². The Hall–Kier alpha value is -2.42. The molecule has 2 atom stereocenters. The fourth-order valence-electron chi connectivity index (χ4n) is 3.15. The van der Waals surface area contributed by atoms with Crippen LogP contribution in [0.2, 0.25) is 5.02 Å². The number of aliphatic hydroxyl groups is 1. The molecule has 1 saturated carbocycles. The first-order chi connectivity index (χ1) is 12.8. The molecule has 1 amide bonds. The lowest BCUT2D eigenvalue weighted by atomic mass is 9.82. The minimum Gasteiger partial charge on any atom is -0.378 e. The van der Waals surface area contributed by atoms with Gasteiger partial charge in [-0.2, -0.15) is 0 Å². The monoisotopic (exact) mass is 389 g/mol. The van der Waals surface area contributed by atoms with Crippen LogP contribution in [0.1, 0.15) is 41.6 Å². The summed E-state index contributed by atoms with van der Waals surface area (Å²) in [5.41, 5.74) is -0.496. The predicted molar refractivity (Wildman–Crippen MR) is 99.4 cm³/mol. The van der Waals surface area contributed by atoms with Gasteiger partial charge < -0.3 is 10.4 Å². The first-order valence-electron chi connectivity index (χ1n) is 8.62. The Morgan fingerprint density at radius 3 is 2.78 bits per heavy atom. The zero-order valence-corrected chi connectivity index (χ0v) is 15.2. The third-order valence-electron chi connectivity index (χ3n) is 4.51. The quantitative estimate of drug-likeness (QED) is 0.760. The molecule has 1 unspecified atom stereocenters. The van der Waals surface area contributed by atoms with E-state index in [-0.39, 0.29) is 18.0 Å². The second-order valence-corrected chi connectivity index (χ2v) is 7.12. The summed E-state index contributed by atoms with van der Waals surface area (Å²) < 4.78 is 26.3. The first kappa shape index (κ1) is 19.3. The summed E-state index contributed by atoms with van der Waals surface area (Å²) >= 11 is 5.93. The highest BCUT2D eigenvalue weighted by molar-refractivity contribution is 6.30. The molecule has 0 aromatic heterocycles. The predicted octanol–water partition coefficient (Wildman–Crippen LogP) is 4.07. The maximum atomic E-state index is 13.3. The number of halogens is 3. The van der Waals surface area contributed by atoms with Crippen LogP contribution in [0, 0.1) is 23.5 Å². The minimum absolute atomic E-state index is 0.0352. The fourth-order valence-corrected chi connectivity index (χ4v) is 3.34. The topological polar surface area (TPSA) is 49.3 Å². The van der Waals surface area contributed by atoms with Crippen molar-refractivity contribution in [3.63, 3.8) is 0 Å². The van der Waals surface area contributed by atoms with Crippen molar-refractivity contribution in [3.8, 4) is 11.8 Å². The van der Waals surface area contributed by atoms with Crippen molar-refractivity contribution >= 4 is 17.5 Å². The van der Waals surface area contributed by atoms with Crippen molar-refractivity contribution in [2.45, 2.75) is 37.3 Å². The standard InChI is InChI=1S/C21H18ClF2NO2/c22-16-4-1-3-14(11-16)8-10-21(27)9-2-5-17(13-21)25-20(26)15-6-7-18(23)19(24)12-15/h1,3-4,6-7,11-12,17,27H,2,5,9,13H2,(H,25,26)/t17-,21?/m1/s1. The Morgan fingerprint density at radius 1 is 1.22 bits per heavy atom.